The standard InChI is InChI=1S/C17H19BrN2O4S/c1-11(13-4-6-14(18)7-5-13)20-25(22,23)15-8-9-17(24-3)16(10-15)19-12(2)21/h4-11,20H,1-3H3,(H,19,21). The lowest BCUT2D eigenvalue weighted by molar-refractivity contribution is -0.114. The number of sulfonamides is 1. The molecule has 0 fully saturated rings. The molecule has 25 heavy (non-hydrogen) atoms. The molecule has 134 valence electrons. The summed E-state index contributed by atoms with van der Waals surface area (Å²) in [5.74, 6) is 0.0687. The molecule has 0 radical (unpaired) electrons. The molecule has 0 aliphatic rings. The van der Waals surface area contributed by atoms with Crippen LogP contribution in [0.2, 0.25) is 0 Å². The van der Waals surface area contributed by atoms with Crippen LogP contribution in [0.5, 0.6) is 5.75 Å². The first kappa shape index (κ1) is 19.4. The average molecular weight is 427 g/mol. The van der Waals surface area contributed by atoms with Gasteiger partial charge in [-0.3, -0.25) is 4.79 Å². The number of ether oxygens (including phenoxy) is 1. The number of amides is 1. The van der Waals surface area contributed by atoms with Gasteiger partial charge in [-0.1, -0.05) is 28.1 Å². The summed E-state index contributed by atoms with van der Waals surface area (Å²) in [5, 5.41) is 2.57. The highest BCUT2D eigenvalue weighted by molar-refractivity contribution is 9.10. The maximum atomic E-state index is 12.6. The van der Waals surface area contributed by atoms with E-state index in [0.717, 1.165) is 10.0 Å². The molecule has 6 nitrogen and oxygen atoms in total. The van der Waals surface area contributed by atoms with Gasteiger partial charge in [-0.25, -0.2) is 13.1 Å². The third kappa shape index (κ3) is 5.04. The number of hydrogen-bond donors (Lipinski definition) is 2. The van der Waals surface area contributed by atoms with Gasteiger partial charge in [0.15, 0.2) is 0 Å². The monoisotopic (exact) mass is 426 g/mol. The van der Waals surface area contributed by atoms with E-state index in [4.69, 9.17) is 4.74 Å². The van der Waals surface area contributed by atoms with E-state index in [1.807, 2.05) is 24.3 Å². The van der Waals surface area contributed by atoms with E-state index in [2.05, 4.69) is 26.0 Å². The van der Waals surface area contributed by atoms with Crippen LogP contribution >= 0.6 is 15.9 Å². The molecule has 0 saturated carbocycles. The number of anilines is 1. The molecule has 8 heteroatoms. The SMILES string of the molecule is COc1ccc(S(=O)(=O)NC(C)c2ccc(Br)cc2)cc1NC(C)=O. The molecule has 0 bridgehead atoms. The predicted molar refractivity (Wildman–Crippen MR) is 100 cm³/mol. The number of carbonyl (C=O) groups is 1. The summed E-state index contributed by atoms with van der Waals surface area (Å²) in [6.07, 6.45) is 0. The lowest BCUT2D eigenvalue weighted by Crippen LogP contribution is -2.27. The third-order valence-corrected chi connectivity index (χ3v) is 5.56. The first-order valence-corrected chi connectivity index (χ1v) is 9.74. The fourth-order valence-corrected chi connectivity index (χ4v) is 3.78. The number of hydrogen-bond acceptors (Lipinski definition) is 4. The zero-order chi connectivity index (χ0) is 18.6. The van der Waals surface area contributed by atoms with Crippen molar-refractivity contribution >= 4 is 37.5 Å². The largest absolute Gasteiger partial charge is 0.495 e. The lowest BCUT2D eigenvalue weighted by Gasteiger charge is -2.16. The second kappa shape index (κ2) is 7.99. The van der Waals surface area contributed by atoms with Gasteiger partial charge in [0.05, 0.1) is 17.7 Å². The number of halogens is 1. The highest BCUT2D eigenvalue weighted by atomic mass is 79.9. The fourth-order valence-electron chi connectivity index (χ4n) is 2.26. The van der Waals surface area contributed by atoms with E-state index in [9.17, 15) is 13.2 Å². The number of nitrogens with one attached hydrogen (secondary N) is 2. The van der Waals surface area contributed by atoms with E-state index in [-0.39, 0.29) is 10.8 Å². The molecule has 1 atom stereocenters. The molecule has 0 saturated heterocycles. The quantitative estimate of drug-likeness (QED) is 0.740. The summed E-state index contributed by atoms with van der Waals surface area (Å²) in [6.45, 7) is 3.10. The first-order chi connectivity index (χ1) is 11.7. The van der Waals surface area contributed by atoms with Gasteiger partial charge in [0.25, 0.3) is 0 Å². The summed E-state index contributed by atoms with van der Waals surface area (Å²) in [5.41, 5.74) is 1.14. The van der Waals surface area contributed by atoms with Crippen molar-refractivity contribution in [3.63, 3.8) is 0 Å². The molecule has 0 aliphatic heterocycles. The Morgan fingerprint density at radius 3 is 2.36 bits per heavy atom. The van der Waals surface area contributed by atoms with Gasteiger partial charge in [-0.2, -0.15) is 0 Å². The Morgan fingerprint density at radius 1 is 1.16 bits per heavy atom. The number of rotatable bonds is 6. The summed E-state index contributed by atoms with van der Waals surface area (Å²) in [7, 11) is -2.32. The fraction of sp³-hybridized carbons (Fsp3) is 0.235. The average Bonchev–Trinajstić information content (AvgIpc) is 2.54. The molecule has 0 aliphatic carbocycles. The van der Waals surface area contributed by atoms with Gasteiger partial charge in [0.2, 0.25) is 15.9 Å². The maximum absolute atomic E-state index is 12.6. The van der Waals surface area contributed by atoms with Crippen molar-refractivity contribution in [2.45, 2.75) is 24.8 Å². The lowest BCUT2D eigenvalue weighted by atomic mass is 10.1. The van der Waals surface area contributed by atoms with Crippen LogP contribution in [0.3, 0.4) is 0 Å². The minimum Gasteiger partial charge on any atom is -0.495 e. The second-order valence-corrected chi connectivity index (χ2v) is 8.07. The normalized spacial score (nSPS) is 12.5. The van der Waals surface area contributed by atoms with Crippen LogP contribution in [-0.4, -0.2) is 21.4 Å². The Bertz CT molecular complexity index is 867. The summed E-state index contributed by atoms with van der Waals surface area (Å²) in [4.78, 5) is 11.3. The number of methoxy groups -OCH3 is 1. The zero-order valence-electron chi connectivity index (χ0n) is 14.0. The molecule has 0 spiro atoms. The topological polar surface area (TPSA) is 84.5 Å². The van der Waals surface area contributed by atoms with E-state index in [1.165, 1.54) is 32.2 Å². The Balaban J connectivity index is 2.29. The van der Waals surface area contributed by atoms with Gasteiger partial charge in [-0.15, -0.1) is 0 Å². The molecule has 1 amide bonds. The molecule has 2 aromatic carbocycles. The van der Waals surface area contributed by atoms with E-state index in [1.54, 1.807) is 6.92 Å². The third-order valence-electron chi connectivity index (χ3n) is 3.49. The zero-order valence-corrected chi connectivity index (χ0v) is 16.4. The van der Waals surface area contributed by atoms with Gasteiger partial charge < -0.3 is 10.1 Å². The smallest absolute Gasteiger partial charge is 0.241 e. The molecular weight excluding hydrogens is 408 g/mol. The molecule has 2 N–H and O–H groups in total. The van der Waals surface area contributed by atoms with Gasteiger partial charge in [0, 0.05) is 17.4 Å². The Morgan fingerprint density at radius 2 is 1.80 bits per heavy atom. The van der Waals surface area contributed by atoms with Crippen LogP contribution in [0, 0.1) is 0 Å². The maximum Gasteiger partial charge on any atom is 0.241 e. The van der Waals surface area contributed by atoms with Crippen molar-refractivity contribution in [1.82, 2.24) is 4.72 Å². The van der Waals surface area contributed by atoms with Crippen molar-refractivity contribution in [3.8, 4) is 5.75 Å². The van der Waals surface area contributed by atoms with Gasteiger partial charge >= 0.3 is 0 Å². The van der Waals surface area contributed by atoms with Gasteiger partial charge in [-0.05, 0) is 42.8 Å². The number of benzene rings is 2. The van der Waals surface area contributed by atoms with E-state index < -0.39 is 16.1 Å². The van der Waals surface area contributed by atoms with Crippen LogP contribution in [-0.2, 0) is 14.8 Å². The van der Waals surface area contributed by atoms with Crippen molar-refractivity contribution in [2.75, 3.05) is 12.4 Å². The highest BCUT2D eigenvalue weighted by Gasteiger charge is 2.20. The van der Waals surface area contributed by atoms with Crippen molar-refractivity contribution in [2.24, 2.45) is 0 Å². The Kier molecular flexibility index (Phi) is 6.21. The minimum atomic E-state index is -3.77. The van der Waals surface area contributed by atoms with E-state index in [0.29, 0.717) is 11.4 Å². The minimum absolute atomic E-state index is 0.0426. The first-order valence-electron chi connectivity index (χ1n) is 7.46. The van der Waals surface area contributed by atoms with Crippen molar-refractivity contribution in [1.29, 1.82) is 0 Å². The number of carbonyl (C=O) groups excluding carboxylic acids is 1. The summed E-state index contributed by atoms with van der Waals surface area (Å²) >= 11 is 3.35. The Labute approximate surface area is 155 Å². The highest BCUT2D eigenvalue weighted by Crippen LogP contribution is 2.28. The molecule has 0 aromatic heterocycles. The van der Waals surface area contributed by atoms with Crippen LogP contribution < -0.4 is 14.8 Å². The Hall–Kier alpha value is -1.90. The summed E-state index contributed by atoms with van der Waals surface area (Å²) in [6, 6.07) is 11.3. The van der Waals surface area contributed by atoms with Crippen LogP contribution in [0.25, 0.3) is 0 Å². The van der Waals surface area contributed by atoms with Crippen LogP contribution in [0.4, 0.5) is 5.69 Å². The molecular formula is C17H19BrN2O4S. The molecule has 1 unspecified atom stereocenters. The summed E-state index contributed by atoms with van der Waals surface area (Å²) < 4.78 is 34.0. The van der Waals surface area contributed by atoms with E-state index >= 15 is 0 Å². The molecule has 0 heterocycles. The molecule has 2 aromatic rings. The van der Waals surface area contributed by atoms with Crippen LogP contribution in [0.1, 0.15) is 25.5 Å². The molecule has 2 rings (SSSR count). The van der Waals surface area contributed by atoms with Crippen molar-refractivity contribution < 1.29 is 17.9 Å². The second-order valence-electron chi connectivity index (χ2n) is 5.44. The van der Waals surface area contributed by atoms with Crippen LogP contribution in [0.15, 0.2) is 51.8 Å². The predicted octanol–water partition coefficient (Wildman–Crippen LogP) is 3.46. The van der Waals surface area contributed by atoms with Crippen molar-refractivity contribution in [3.05, 3.63) is 52.5 Å². The van der Waals surface area contributed by atoms with Gasteiger partial charge in [0.1, 0.15) is 5.75 Å².